The highest BCUT2D eigenvalue weighted by atomic mass is 16.5. The third-order valence-corrected chi connectivity index (χ3v) is 5.64. The van der Waals surface area contributed by atoms with Gasteiger partial charge in [-0.25, -0.2) is 4.98 Å². The quantitative estimate of drug-likeness (QED) is 0.785. The maximum Gasteiger partial charge on any atom is 0.227 e. The third kappa shape index (κ3) is 4.59. The summed E-state index contributed by atoms with van der Waals surface area (Å²) in [6.07, 6.45) is 4.26. The van der Waals surface area contributed by atoms with Gasteiger partial charge in [-0.05, 0) is 44.5 Å². The first kappa shape index (κ1) is 19.1. The first-order valence-electron chi connectivity index (χ1n) is 10.2. The molecular formula is C21H30N6O. The predicted molar refractivity (Wildman–Crippen MR) is 111 cm³/mol. The summed E-state index contributed by atoms with van der Waals surface area (Å²) in [6.45, 7) is 8.32. The van der Waals surface area contributed by atoms with Gasteiger partial charge in [0.05, 0.1) is 18.9 Å². The van der Waals surface area contributed by atoms with Gasteiger partial charge in [-0.1, -0.05) is 6.07 Å². The Morgan fingerprint density at radius 3 is 2.82 bits per heavy atom. The van der Waals surface area contributed by atoms with Gasteiger partial charge < -0.3 is 14.5 Å². The minimum atomic E-state index is 0.450. The Labute approximate surface area is 167 Å². The molecule has 0 aromatic carbocycles. The Hall–Kier alpha value is -2.25. The number of hydrogen-bond donors (Lipinski definition) is 0. The molecule has 2 saturated heterocycles. The molecule has 0 radical (unpaired) electrons. The van der Waals surface area contributed by atoms with Gasteiger partial charge in [0.25, 0.3) is 0 Å². The van der Waals surface area contributed by atoms with E-state index in [1.165, 1.54) is 12.8 Å². The molecule has 0 bridgehead atoms. The second-order valence-corrected chi connectivity index (χ2v) is 7.73. The van der Waals surface area contributed by atoms with Crippen LogP contribution < -0.4 is 9.80 Å². The number of hydrogen-bond acceptors (Lipinski definition) is 7. The highest BCUT2D eigenvalue weighted by molar-refractivity contribution is 5.44. The molecule has 2 aliphatic rings. The largest absolute Gasteiger partial charge is 0.378 e. The van der Waals surface area contributed by atoms with Gasteiger partial charge in [-0.2, -0.15) is 4.98 Å². The summed E-state index contributed by atoms with van der Waals surface area (Å²) in [5, 5.41) is 0. The standard InChI is InChI=1S/C21H30N6O/c1-17-5-3-6-18(23-17)15-26-10-4-7-19(16-26)25(2)20-8-9-22-21(24-20)27-11-13-28-14-12-27/h3,5-6,8-9,19H,4,7,10-16H2,1-2H3. The second kappa shape index (κ2) is 8.84. The predicted octanol–water partition coefficient (Wildman–Crippen LogP) is 2.12. The summed E-state index contributed by atoms with van der Waals surface area (Å²) in [7, 11) is 2.16. The van der Waals surface area contributed by atoms with Crippen LogP contribution in [0.25, 0.3) is 0 Å². The van der Waals surface area contributed by atoms with E-state index in [4.69, 9.17) is 9.72 Å². The van der Waals surface area contributed by atoms with E-state index in [0.29, 0.717) is 6.04 Å². The van der Waals surface area contributed by atoms with Crippen molar-refractivity contribution < 1.29 is 4.74 Å². The number of likely N-dealkylation sites (tertiary alicyclic amines) is 1. The van der Waals surface area contributed by atoms with Gasteiger partial charge in [0.15, 0.2) is 0 Å². The van der Waals surface area contributed by atoms with Crippen LogP contribution in [0.2, 0.25) is 0 Å². The van der Waals surface area contributed by atoms with Crippen molar-refractivity contribution in [3.05, 3.63) is 41.9 Å². The summed E-state index contributed by atoms with van der Waals surface area (Å²) in [4.78, 5) is 21.0. The lowest BCUT2D eigenvalue weighted by Gasteiger charge is -2.38. The summed E-state index contributed by atoms with van der Waals surface area (Å²) in [5.74, 6) is 1.81. The first-order valence-corrected chi connectivity index (χ1v) is 10.2. The van der Waals surface area contributed by atoms with Crippen molar-refractivity contribution in [3.8, 4) is 0 Å². The summed E-state index contributed by atoms with van der Waals surface area (Å²) in [5.41, 5.74) is 2.24. The molecule has 1 atom stereocenters. The van der Waals surface area contributed by atoms with E-state index in [1.54, 1.807) is 0 Å². The molecule has 7 nitrogen and oxygen atoms in total. The van der Waals surface area contributed by atoms with Crippen LogP contribution in [-0.4, -0.2) is 72.3 Å². The molecule has 2 aromatic rings. The van der Waals surface area contributed by atoms with Crippen LogP contribution in [0.1, 0.15) is 24.2 Å². The average Bonchev–Trinajstić information content (AvgIpc) is 2.74. The number of ether oxygens (including phenoxy) is 1. The molecule has 0 N–H and O–H groups in total. The molecule has 2 fully saturated rings. The van der Waals surface area contributed by atoms with Crippen LogP contribution in [-0.2, 0) is 11.3 Å². The topological polar surface area (TPSA) is 57.6 Å². The summed E-state index contributed by atoms with van der Waals surface area (Å²) in [6, 6.07) is 8.74. The van der Waals surface area contributed by atoms with Crippen LogP contribution in [0.15, 0.2) is 30.5 Å². The van der Waals surface area contributed by atoms with Gasteiger partial charge in [0.1, 0.15) is 5.82 Å². The zero-order valence-corrected chi connectivity index (χ0v) is 16.9. The Morgan fingerprint density at radius 2 is 2.00 bits per heavy atom. The van der Waals surface area contributed by atoms with E-state index < -0.39 is 0 Å². The molecule has 150 valence electrons. The van der Waals surface area contributed by atoms with Crippen LogP contribution in [0.4, 0.5) is 11.8 Å². The van der Waals surface area contributed by atoms with Crippen LogP contribution in [0.5, 0.6) is 0 Å². The fourth-order valence-electron chi connectivity index (χ4n) is 4.05. The number of anilines is 2. The summed E-state index contributed by atoms with van der Waals surface area (Å²) < 4.78 is 5.44. The molecule has 0 amide bonds. The number of rotatable bonds is 5. The zero-order valence-electron chi connectivity index (χ0n) is 16.9. The smallest absolute Gasteiger partial charge is 0.227 e. The third-order valence-electron chi connectivity index (χ3n) is 5.64. The lowest BCUT2D eigenvalue weighted by atomic mass is 10.0. The first-order chi connectivity index (χ1) is 13.7. The Bertz CT molecular complexity index is 779. The maximum atomic E-state index is 5.44. The molecule has 7 heteroatoms. The van der Waals surface area contributed by atoms with E-state index in [2.05, 4.69) is 56.8 Å². The van der Waals surface area contributed by atoms with Crippen molar-refractivity contribution in [2.24, 2.45) is 0 Å². The summed E-state index contributed by atoms with van der Waals surface area (Å²) >= 11 is 0. The normalized spacial score (nSPS) is 20.9. The molecule has 0 spiro atoms. The van der Waals surface area contributed by atoms with Crippen molar-refractivity contribution in [2.45, 2.75) is 32.4 Å². The van der Waals surface area contributed by atoms with Crippen molar-refractivity contribution in [1.29, 1.82) is 0 Å². The average molecular weight is 383 g/mol. The minimum Gasteiger partial charge on any atom is -0.378 e. The van der Waals surface area contributed by atoms with E-state index in [1.807, 2.05) is 12.3 Å². The molecule has 28 heavy (non-hydrogen) atoms. The van der Waals surface area contributed by atoms with Gasteiger partial charge in [0.2, 0.25) is 5.95 Å². The van der Waals surface area contributed by atoms with Gasteiger partial charge in [-0.3, -0.25) is 9.88 Å². The molecule has 0 aliphatic carbocycles. The van der Waals surface area contributed by atoms with Crippen LogP contribution in [0, 0.1) is 6.92 Å². The SMILES string of the molecule is Cc1cccc(CN2CCCC(N(C)c3ccnc(N4CCOCC4)n3)C2)n1. The van der Waals surface area contributed by atoms with Gasteiger partial charge in [-0.15, -0.1) is 0 Å². The lowest BCUT2D eigenvalue weighted by molar-refractivity contribution is 0.122. The zero-order chi connectivity index (χ0) is 19.3. The second-order valence-electron chi connectivity index (χ2n) is 7.73. The number of piperidine rings is 1. The number of pyridine rings is 1. The van der Waals surface area contributed by atoms with Crippen molar-refractivity contribution in [1.82, 2.24) is 19.9 Å². The number of nitrogens with zero attached hydrogens (tertiary/aromatic N) is 6. The van der Waals surface area contributed by atoms with E-state index in [0.717, 1.165) is 69.1 Å². The van der Waals surface area contributed by atoms with E-state index in [9.17, 15) is 0 Å². The van der Waals surface area contributed by atoms with E-state index in [-0.39, 0.29) is 0 Å². The number of morpholine rings is 1. The number of likely N-dealkylation sites (N-methyl/N-ethyl adjacent to an activating group) is 1. The van der Waals surface area contributed by atoms with Crippen LogP contribution in [0.3, 0.4) is 0 Å². The molecule has 2 aliphatic heterocycles. The fourth-order valence-corrected chi connectivity index (χ4v) is 4.05. The van der Waals surface area contributed by atoms with Crippen molar-refractivity contribution >= 4 is 11.8 Å². The molecule has 4 heterocycles. The van der Waals surface area contributed by atoms with Gasteiger partial charge >= 0.3 is 0 Å². The highest BCUT2D eigenvalue weighted by Crippen LogP contribution is 2.22. The number of aryl methyl sites for hydroxylation is 1. The fraction of sp³-hybridized carbons (Fsp3) is 0.571. The monoisotopic (exact) mass is 382 g/mol. The Kier molecular flexibility index (Phi) is 6.02. The van der Waals surface area contributed by atoms with E-state index >= 15 is 0 Å². The minimum absolute atomic E-state index is 0.450. The molecule has 4 rings (SSSR count). The molecular weight excluding hydrogens is 352 g/mol. The molecule has 1 unspecified atom stereocenters. The van der Waals surface area contributed by atoms with Crippen LogP contribution >= 0.6 is 0 Å². The van der Waals surface area contributed by atoms with Gasteiger partial charge in [0, 0.05) is 51.2 Å². The maximum absolute atomic E-state index is 5.44. The Balaban J connectivity index is 1.41. The van der Waals surface area contributed by atoms with Crippen molar-refractivity contribution in [2.75, 3.05) is 56.2 Å². The Morgan fingerprint density at radius 1 is 1.14 bits per heavy atom. The molecule has 0 saturated carbocycles. The number of aromatic nitrogens is 3. The highest BCUT2D eigenvalue weighted by Gasteiger charge is 2.25. The molecule has 2 aromatic heterocycles. The van der Waals surface area contributed by atoms with Crippen molar-refractivity contribution in [3.63, 3.8) is 0 Å². The lowest BCUT2D eigenvalue weighted by Crippen LogP contribution is -2.46.